The number of halogens is 1. The topological polar surface area (TPSA) is 55.1 Å². The maximum atomic E-state index is 10.7. The van der Waals surface area contributed by atoms with Gasteiger partial charge in [-0.2, -0.15) is 0 Å². The average Bonchev–Trinajstić information content (AvgIpc) is 2.04. The first-order chi connectivity index (χ1) is 6.09. The lowest BCUT2D eigenvalue weighted by Gasteiger charge is -2.11. The molecule has 0 aromatic heterocycles. The molecule has 0 heterocycles. The smallest absolute Gasteiger partial charge is 0.239 e. The summed E-state index contributed by atoms with van der Waals surface area (Å²) in [6.45, 7) is 1.74. The van der Waals surface area contributed by atoms with E-state index in [1.807, 2.05) is 24.3 Å². The lowest BCUT2D eigenvalue weighted by Crippen LogP contribution is -2.32. The zero-order valence-electron chi connectivity index (χ0n) is 7.25. The molecular weight excluding hydrogens is 279 g/mol. The number of hydrogen-bond donors (Lipinski definition) is 2. The molecule has 0 bridgehead atoms. The Morgan fingerprint density at radius 1 is 1.62 bits per heavy atom. The van der Waals surface area contributed by atoms with Gasteiger partial charge < -0.3 is 11.1 Å². The molecule has 13 heavy (non-hydrogen) atoms. The van der Waals surface area contributed by atoms with Crippen LogP contribution in [0, 0.1) is 3.57 Å². The van der Waals surface area contributed by atoms with Crippen LogP contribution in [0.5, 0.6) is 0 Å². The summed E-state index contributed by atoms with van der Waals surface area (Å²) >= 11 is 2.21. The molecule has 0 aliphatic rings. The van der Waals surface area contributed by atoms with Crippen molar-refractivity contribution >= 4 is 34.2 Å². The lowest BCUT2D eigenvalue weighted by molar-refractivity contribution is -0.118. The number of rotatable bonds is 3. The number of nitrogens with one attached hydrogen (secondary N) is 1. The molecule has 0 aliphatic carbocycles. The Bertz CT molecular complexity index is 314. The van der Waals surface area contributed by atoms with Crippen molar-refractivity contribution in [3.63, 3.8) is 0 Å². The van der Waals surface area contributed by atoms with Gasteiger partial charge in [-0.25, -0.2) is 0 Å². The Balaban J connectivity index is 2.69. The van der Waals surface area contributed by atoms with Gasteiger partial charge in [-0.15, -0.1) is 0 Å². The molecule has 1 rings (SSSR count). The van der Waals surface area contributed by atoms with E-state index in [0.29, 0.717) is 0 Å². The third-order valence-electron chi connectivity index (χ3n) is 1.63. The van der Waals surface area contributed by atoms with Gasteiger partial charge in [0.2, 0.25) is 5.91 Å². The van der Waals surface area contributed by atoms with E-state index < -0.39 is 0 Å². The molecule has 0 fully saturated rings. The van der Waals surface area contributed by atoms with Crippen LogP contribution in [-0.4, -0.2) is 11.9 Å². The summed E-state index contributed by atoms with van der Waals surface area (Å²) < 4.78 is 1.12. The molecule has 3 N–H and O–H groups in total. The van der Waals surface area contributed by atoms with Gasteiger partial charge in [0.1, 0.15) is 6.04 Å². The van der Waals surface area contributed by atoms with E-state index in [2.05, 4.69) is 27.9 Å². The van der Waals surface area contributed by atoms with Gasteiger partial charge in [-0.3, -0.25) is 4.79 Å². The molecular formula is C9H11IN2O. The highest BCUT2D eigenvalue weighted by molar-refractivity contribution is 14.1. The number of primary amides is 1. The van der Waals surface area contributed by atoms with Crippen molar-refractivity contribution in [2.75, 3.05) is 5.32 Å². The SMILES string of the molecule is CC(Nc1cccc(I)c1)C(N)=O. The van der Waals surface area contributed by atoms with Crippen LogP contribution < -0.4 is 11.1 Å². The molecule has 0 spiro atoms. The van der Waals surface area contributed by atoms with Gasteiger partial charge in [-0.1, -0.05) is 6.07 Å². The van der Waals surface area contributed by atoms with Crippen LogP contribution >= 0.6 is 22.6 Å². The van der Waals surface area contributed by atoms with E-state index in [9.17, 15) is 4.79 Å². The van der Waals surface area contributed by atoms with Gasteiger partial charge in [0, 0.05) is 9.26 Å². The standard InChI is InChI=1S/C9H11IN2O/c1-6(9(11)13)12-8-4-2-3-7(10)5-8/h2-6,12H,1H3,(H2,11,13). The molecule has 3 nitrogen and oxygen atoms in total. The maximum absolute atomic E-state index is 10.7. The number of carbonyl (C=O) groups excluding carboxylic acids is 1. The highest BCUT2D eigenvalue weighted by atomic mass is 127. The van der Waals surface area contributed by atoms with E-state index >= 15 is 0 Å². The van der Waals surface area contributed by atoms with Crippen LogP contribution in [0.2, 0.25) is 0 Å². The molecule has 0 saturated heterocycles. The van der Waals surface area contributed by atoms with Gasteiger partial charge in [-0.05, 0) is 47.7 Å². The minimum absolute atomic E-state index is 0.335. The van der Waals surface area contributed by atoms with Crippen molar-refractivity contribution in [3.05, 3.63) is 27.8 Å². The molecule has 1 aromatic carbocycles. The lowest BCUT2D eigenvalue weighted by atomic mass is 10.2. The summed E-state index contributed by atoms with van der Waals surface area (Å²) in [6, 6.07) is 7.44. The largest absolute Gasteiger partial charge is 0.374 e. The number of benzene rings is 1. The molecule has 0 aliphatic heterocycles. The van der Waals surface area contributed by atoms with Crippen molar-refractivity contribution < 1.29 is 4.79 Å². The third-order valence-corrected chi connectivity index (χ3v) is 2.31. The highest BCUT2D eigenvalue weighted by Gasteiger charge is 2.07. The summed E-state index contributed by atoms with van der Waals surface area (Å²) in [4.78, 5) is 10.7. The Hall–Kier alpha value is -0.780. The molecule has 1 unspecified atom stereocenters. The van der Waals surface area contributed by atoms with Crippen molar-refractivity contribution in [2.45, 2.75) is 13.0 Å². The van der Waals surface area contributed by atoms with E-state index in [4.69, 9.17) is 5.73 Å². The van der Waals surface area contributed by atoms with Crippen molar-refractivity contribution in [1.29, 1.82) is 0 Å². The fraction of sp³-hybridized carbons (Fsp3) is 0.222. The molecule has 0 radical (unpaired) electrons. The van der Waals surface area contributed by atoms with Crippen LogP contribution in [0.25, 0.3) is 0 Å². The van der Waals surface area contributed by atoms with Crippen molar-refractivity contribution in [3.8, 4) is 0 Å². The summed E-state index contributed by atoms with van der Waals surface area (Å²) in [5, 5.41) is 3.00. The van der Waals surface area contributed by atoms with Gasteiger partial charge >= 0.3 is 0 Å². The second-order valence-electron chi connectivity index (χ2n) is 2.78. The predicted octanol–water partition coefficient (Wildman–Crippen LogP) is 1.58. The molecule has 0 saturated carbocycles. The monoisotopic (exact) mass is 290 g/mol. The normalized spacial score (nSPS) is 12.2. The number of nitrogens with two attached hydrogens (primary N) is 1. The van der Waals surface area contributed by atoms with Crippen molar-refractivity contribution in [2.24, 2.45) is 5.73 Å². The molecule has 1 aromatic rings. The number of amides is 1. The molecule has 4 heteroatoms. The fourth-order valence-corrected chi connectivity index (χ4v) is 1.44. The van der Waals surface area contributed by atoms with Crippen LogP contribution in [0.1, 0.15) is 6.92 Å². The Morgan fingerprint density at radius 2 is 2.31 bits per heavy atom. The minimum atomic E-state index is -0.348. The fourth-order valence-electron chi connectivity index (χ4n) is 0.899. The Labute approximate surface area is 90.8 Å². The number of anilines is 1. The van der Waals surface area contributed by atoms with Gasteiger partial charge in [0.15, 0.2) is 0 Å². The molecule has 1 atom stereocenters. The Kier molecular flexibility index (Phi) is 3.53. The second kappa shape index (κ2) is 4.45. The average molecular weight is 290 g/mol. The van der Waals surface area contributed by atoms with Gasteiger partial charge in [0.25, 0.3) is 0 Å². The number of hydrogen-bond acceptors (Lipinski definition) is 2. The zero-order valence-corrected chi connectivity index (χ0v) is 9.41. The summed E-state index contributed by atoms with van der Waals surface area (Å²) in [6.07, 6.45) is 0. The summed E-state index contributed by atoms with van der Waals surface area (Å²) in [5.74, 6) is -0.348. The van der Waals surface area contributed by atoms with E-state index in [0.717, 1.165) is 9.26 Å². The van der Waals surface area contributed by atoms with Crippen LogP contribution in [0.4, 0.5) is 5.69 Å². The van der Waals surface area contributed by atoms with Crippen LogP contribution in [0.3, 0.4) is 0 Å². The van der Waals surface area contributed by atoms with Crippen LogP contribution in [-0.2, 0) is 4.79 Å². The van der Waals surface area contributed by atoms with Crippen molar-refractivity contribution in [1.82, 2.24) is 0 Å². The quantitative estimate of drug-likeness (QED) is 0.830. The predicted molar refractivity (Wildman–Crippen MR) is 61.4 cm³/mol. The first-order valence-electron chi connectivity index (χ1n) is 3.91. The van der Waals surface area contributed by atoms with Crippen LogP contribution in [0.15, 0.2) is 24.3 Å². The summed E-state index contributed by atoms with van der Waals surface area (Å²) in [5.41, 5.74) is 6.03. The zero-order chi connectivity index (χ0) is 9.84. The highest BCUT2D eigenvalue weighted by Crippen LogP contribution is 2.12. The van der Waals surface area contributed by atoms with E-state index in [-0.39, 0.29) is 11.9 Å². The summed E-state index contributed by atoms with van der Waals surface area (Å²) in [7, 11) is 0. The molecule has 1 amide bonds. The number of carbonyl (C=O) groups is 1. The first kappa shape index (κ1) is 10.3. The van der Waals surface area contributed by atoms with E-state index in [1.54, 1.807) is 6.92 Å². The maximum Gasteiger partial charge on any atom is 0.239 e. The van der Waals surface area contributed by atoms with Gasteiger partial charge in [0.05, 0.1) is 0 Å². The van der Waals surface area contributed by atoms with E-state index in [1.165, 1.54) is 0 Å². The first-order valence-corrected chi connectivity index (χ1v) is 4.99. The Morgan fingerprint density at radius 3 is 2.85 bits per heavy atom. The molecule has 70 valence electrons. The minimum Gasteiger partial charge on any atom is -0.374 e. The third kappa shape index (κ3) is 3.22. The second-order valence-corrected chi connectivity index (χ2v) is 4.02.